The highest BCUT2D eigenvalue weighted by Gasteiger charge is 2.66. The van der Waals surface area contributed by atoms with Crippen molar-refractivity contribution in [1.29, 1.82) is 0 Å². The van der Waals surface area contributed by atoms with Crippen molar-refractivity contribution >= 4 is 11.9 Å². The summed E-state index contributed by atoms with van der Waals surface area (Å²) in [5, 5.41) is 12.0. The summed E-state index contributed by atoms with van der Waals surface area (Å²) in [5.74, 6) is -0.656. The van der Waals surface area contributed by atoms with Gasteiger partial charge in [0.05, 0.1) is 18.6 Å². The molecule has 0 unspecified atom stereocenters. The van der Waals surface area contributed by atoms with Crippen LogP contribution < -0.4 is 4.74 Å². The van der Waals surface area contributed by atoms with Crippen LogP contribution in [0.5, 0.6) is 5.75 Å². The topological polar surface area (TPSA) is 55.8 Å². The molecular weight excluding hydrogens is 460 g/mol. The Labute approximate surface area is 218 Å². The number of methoxy groups -OCH3 is 1. The highest BCUT2D eigenvalue weighted by molar-refractivity contribution is 6.07. The van der Waals surface area contributed by atoms with Crippen LogP contribution in [0.1, 0.15) is 67.2 Å². The van der Waals surface area contributed by atoms with E-state index < -0.39 is 17.3 Å². The van der Waals surface area contributed by atoms with Crippen LogP contribution in [-0.4, -0.2) is 23.8 Å². The number of Topliss-reactive ketones (excluding diaryl/α,β-unsaturated/α-hetero) is 1. The zero-order valence-corrected chi connectivity index (χ0v) is 21.3. The third kappa shape index (κ3) is 4.03. The second kappa shape index (κ2) is 9.59. The van der Waals surface area contributed by atoms with Crippen molar-refractivity contribution in [2.75, 3.05) is 7.11 Å². The van der Waals surface area contributed by atoms with Crippen molar-refractivity contribution < 1.29 is 19.4 Å². The number of rotatable bonds is 4. The number of fused-ring (bicyclic) bond motifs is 1. The minimum atomic E-state index is -1.26. The molecule has 6 rings (SSSR count). The van der Waals surface area contributed by atoms with Gasteiger partial charge in [-0.2, -0.15) is 0 Å². The summed E-state index contributed by atoms with van der Waals surface area (Å²) in [5.41, 5.74) is 3.10. The second-order valence-corrected chi connectivity index (χ2v) is 10.8. The van der Waals surface area contributed by atoms with E-state index in [4.69, 9.17) is 9.47 Å². The Morgan fingerprint density at radius 3 is 2.30 bits per heavy atom. The van der Waals surface area contributed by atoms with Gasteiger partial charge in [-0.15, -0.1) is 0 Å². The van der Waals surface area contributed by atoms with Crippen LogP contribution in [0.3, 0.4) is 0 Å². The van der Waals surface area contributed by atoms with E-state index in [1.807, 2.05) is 78.9 Å². The lowest BCUT2D eigenvalue weighted by Gasteiger charge is -2.58. The lowest BCUT2D eigenvalue weighted by atomic mass is 9.55. The summed E-state index contributed by atoms with van der Waals surface area (Å²) in [6.07, 6.45) is 6.26. The van der Waals surface area contributed by atoms with Crippen LogP contribution in [-0.2, 0) is 9.53 Å². The van der Waals surface area contributed by atoms with Crippen molar-refractivity contribution in [2.45, 2.75) is 56.3 Å². The monoisotopic (exact) mass is 494 g/mol. The number of hydrogen-bond acceptors (Lipinski definition) is 4. The number of allylic oxidation sites excluding steroid dienone is 1. The molecule has 2 saturated carbocycles. The molecule has 0 aromatic heterocycles. The van der Waals surface area contributed by atoms with E-state index in [1.165, 1.54) is 0 Å². The minimum Gasteiger partial charge on any atom is -0.497 e. The fourth-order valence-electron chi connectivity index (χ4n) is 7.20. The average molecular weight is 495 g/mol. The molecule has 4 heteroatoms. The van der Waals surface area contributed by atoms with E-state index >= 15 is 0 Å². The number of ether oxygens (including phenoxy) is 2. The van der Waals surface area contributed by atoms with Gasteiger partial charge in [-0.1, -0.05) is 79.2 Å². The van der Waals surface area contributed by atoms with E-state index in [0.29, 0.717) is 19.3 Å². The second-order valence-electron chi connectivity index (χ2n) is 10.8. The summed E-state index contributed by atoms with van der Waals surface area (Å²) in [7, 11) is 1.66. The Kier molecular flexibility index (Phi) is 6.26. The van der Waals surface area contributed by atoms with Gasteiger partial charge >= 0.3 is 0 Å². The van der Waals surface area contributed by atoms with Crippen LogP contribution in [0.4, 0.5) is 0 Å². The molecule has 1 spiro atoms. The normalized spacial score (nSPS) is 32.4. The van der Waals surface area contributed by atoms with Gasteiger partial charge in [0.2, 0.25) is 0 Å². The molecule has 0 bridgehead atoms. The van der Waals surface area contributed by atoms with Crippen molar-refractivity contribution in [3.8, 4) is 5.75 Å². The largest absolute Gasteiger partial charge is 0.497 e. The van der Waals surface area contributed by atoms with E-state index in [1.54, 1.807) is 7.11 Å². The molecule has 4 nitrogen and oxygen atoms in total. The third-order valence-corrected chi connectivity index (χ3v) is 8.87. The number of benzene rings is 3. The number of ketones is 1. The van der Waals surface area contributed by atoms with Gasteiger partial charge in [0, 0.05) is 18.3 Å². The zero-order valence-electron chi connectivity index (χ0n) is 21.3. The van der Waals surface area contributed by atoms with Gasteiger partial charge in [0.15, 0.2) is 11.6 Å². The lowest BCUT2D eigenvalue weighted by Crippen LogP contribution is -2.59. The fraction of sp³-hybridized carbons (Fsp3) is 0.364. The number of carbonyl (C=O) groups is 1. The standard InChI is InChI=1S/C33H34O4/c1-36-27-17-15-24(16-18-27)29-28-14-8-9-20-33(28,35)37-31(25-12-6-3-7-13-25)32(29)21-19-26(30(32)34)22-23-10-4-2-5-11-23/h2-7,10-13,15-18,22,28-29,31,35H,8-9,14,19-21H2,1H3/b26-22+/t28-,29-,31-,32-,33-/m1/s1. The Morgan fingerprint density at radius 2 is 1.59 bits per heavy atom. The van der Waals surface area contributed by atoms with E-state index in [0.717, 1.165) is 47.3 Å². The summed E-state index contributed by atoms with van der Waals surface area (Å²) >= 11 is 0. The van der Waals surface area contributed by atoms with E-state index in [9.17, 15) is 9.90 Å². The minimum absolute atomic E-state index is 0.152. The first-order chi connectivity index (χ1) is 18.0. The quantitative estimate of drug-likeness (QED) is 0.403. The first-order valence-corrected chi connectivity index (χ1v) is 13.4. The van der Waals surface area contributed by atoms with Gasteiger partial charge in [0.1, 0.15) is 5.75 Å². The molecule has 1 saturated heterocycles. The molecule has 3 aromatic carbocycles. The third-order valence-electron chi connectivity index (χ3n) is 8.87. The van der Waals surface area contributed by atoms with Gasteiger partial charge in [0.25, 0.3) is 0 Å². The molecule has 3 aliphatic rings. The molecule has 2 aliphatic carbocycles. The summed E-state index contributed by atoms with van der Waals surface area (Å²) in [4.78, 5) is 14.7. The highest BCUT2D eigenvalue weighted by Crippen LogP contribution is 2.67. The summed E-state index contributed by atoms with van der Waals surface area (Å²) in [6, 6.07) is 28.2. The number of hydrogen-bond donors (Lipinski definition) is 1. The Hall–Kier alpha value is -3.21. The highest BCUT2D eigenvalue weighted by atomic mass is 16.6. The molecule has 0 radical (unpaired) electrons. The van der Waals surface area contributed by atoms with Crippen LogP contribution in [0, 0.1) is 11.3 Å². The molecule has 190 valence electrons. The Balaban J connectivity index is 1.55. The lowest BCUT2D eigenvalue weighted by molar-refractivity contribution is -0.330. The molecular formula is C33H34O4. The first kappa shape index (κ1) is 24.1. The molecule has 3 fully saturated rings. The molecule has 0 amide bonds. The predicted octanol–water partition coefficient (Wildman–Crippen LogP) is 6.86. The van der Waals surface area contributed by atoms with Crippen molar-refractivity contribution in [2.24, 2.45) is 11.3 Å². The molecule has 1 N–H and O–H groups in total. The molecule has 3 aromatic rings. The van der Waals surface area contributed by atoms with Gasteiger partial charge in [-0.3, -0.25) is 4.79 Å². The van der Waals surface area contributed by atoms with Crippen molar-refractivity contribution in [3.05, 3.63) is 107 Å². The number of carbonyl (C=O) groups excluding carboxylic acids is 1. The van der Waals surface area contributed by atoms with Crippen LogP contribution in [0.2, 0.25) is 0 Å². The fourth-order valence-corrected chi connectivity index (χ4v) is 7.20. The molecule has 37 heavy (non-hydrogen) atoms. The summed E-state index contributed by atoms with van der Waals surface area (Å²) < 4.78 is 12.2. The summed E-state index contributed by atoms with van der Waals surface area (Å²) in [6.45, 7) is 0. The van der Waals surface area contributed by atoms with E-state index in [2.05, 4.69) is 12.1 Å². The van der Waals surface area contributed by atoms with Crippen LogP contribution >= 0.6 is 0 Å². The molecule has 5 atom stereocenters. The van der Waals surface area contributed by atoms with Gasteiger partial charge < -0.3 is 14.6 Å². The van der Waals surface area contributed by atoms with Crippen LogP contribution in [0.15, 0.2) is 90.5 Å². The first-order valence-electron chi connectivity index (χ1n) is 13.4. The maximum absolute atomic E-state index is 14.7. The van der Waals surface area contributed by atoms with Gasteiger partial charge in [-0.05, 0) is 66.2 Å². The van der Waals surface area contributed by atoms with Crippen molar-refractivity contribution in [1.82, 2.24) is 0 Å². The smallest absolute Gasteiger partial charge is 0.169 e. The zero-order chi connectivity index (χ0) is 25.5. The maximum atomic E-state index is 14.7. The Bertz CT molecular complexity index is 1280. The predicted molar refractivity (Wildman–Crippen MR) is 144 cm³/mol. The SMILES string of the molecule is COc1ccc([C@@H]2[C@H]3CCCC[C@@]3(O)O[C@H](c3ccccc3)[C@]23CC/C(=C\c2ccccc2)C3=O)cc1. The number of aliphatic hydroxyl groups is 1. The Morgan fingerprint density at radius 1 is 0.892 bits per heavy atom. The average Bonchev–Trinajstić information content (AvgIpc) is 3.25. The van der Waals surface area contributed by atoms with Gasteiger partial charge in [-0.25, -0.2) is 0 Å². The molecule has 1 heterocycles. The van der Waals surface area contributed by atoms with E-state index in [-0.39, 0.29) is 17.6 Å². The molecule has 1 aliphatic heterocycles. The van der Waals surface area contributed by atoms with Crippen LogP contribution in [0.25, 0.3) is 6.08 Å². The maximum Gasteiger partial charge on any atom is 0.169 e. The van der Waals surface area contributed by atoms with Crippen molar-refractivity contribution in [3.63, 3.8) is 0 Å².